The highest BCUT2D eigenvalue weighted by Gasteiger charge is 2.10. The molecule has 0 unspecified atom stereocenters. The molecule has 0 spiro atoms. The van der Waals surface area contributed by atoms with E-state index in [0.29, 0.717) is 5.56 Å². The molecule has 0 saturated carbocycles. The monoisotopic (exact) mass is 333 g/mol. The van der Waals surface area contributed by atoms with Crippen molar-refractivity contribution in [3.05, 3.63) is 82.4 Å². The van der Waals surface area contributed by atoms with Crippen molar-refractivity contribution in [2.75, 3.05) is 5.32 Å². The van der Waals surface area contributed by atoms with Crippen molar-refractivity contribution in [3.8, 4) is 0 Å². The summed E-state index contributed by atoms with van der Waals surface area (Å²) in [6, 6.07) is 11.9. The van der Waals surface area contributed by atoms with Gasteiger partial charge in [-0.15, -0.1) is 0 Å². The summed E-state index contributed by atoms with van der Waals surface area (Å²) in [5.74, 6) is 0.896. The number of carbonyl (C=O) groups is 1. The van der Waals surface area contributed by atoms with E-state index in [9.17, 15) is 4.79 Å². The molecule has 2 aromatic carbocycles. The molecule has 1 aromatic heterocycles. The van der Waals surface area contributed by atoms with Crippen LogP contribution >= 0.6 is 0 Å². The Morgan fingerprint density at radius 3 is 2.24 bits per heavy atom. The molecule has 1 amide bonds. The molecule has 1 N–H and O–H groups in total. The lowest BCUT2D eigenvalue weighted by Crippen LogP contribution is -2.14. The van der Waals surface area contributed by atoms with Crippen LogP contribution in [-0.2, 0) is 6.54 Å². The van der Waals surface area contributed by atoms with Gasteiger partial charge in [-0.3, -0.25) is 4.79 Å². The third-order valence-electron chi connectivity index (χ3n) is 4.41. The summed E-state index contributed by atoms with van der Waals surface area (Å²) in [6.07, 6.45) is 3.75. The van der Waals surface area contributed by atoms with E-state index in [-0.39, 0.29) is 5.91 Å². The normalized spacial score (nSPS) is 10.7. The van der Waals surface area contributed by atoms with Crippen LogP contribution in [0.15, 0.2) is 48.8 Å². The minimum Gasteiger partial charge on any atom is -0.331 e. The lowest BCUT2D eigenvalue weighted by atomic mass is 10.0. The highest BCUT2D eigenvalue weighted by molar-refractivity contribution is 6.05. The molecule has 0 aliphatic carbocycles. The van der Waals surface area contributed by atoms with Crippen LogP contribution in [0.3, 0.4) is 0 Å². The third-order valence-corrected chi connectivity index (χ3v) is 4.41. The van der Waals surface area contributed by atoms with Crippen molar-refractivity contribution in [1.29, 1.82) is 0 Å². The molecule has 25 heavy (non-hydrogen) atoms. The SMILES string of the molecule is Cc1cc(C)c(NC(=O)c2ccc(Cn3ccnc3C)cc2)c(C)c1. The zero-order chi connectivity index (χ0) is 18.0. The van der Waals surface area contributed by atoms with Crippen LogP contribution in [0.5, 0.6) is 0 Å². The van der Waals surface area contributed by atoms with Crippen LogP contribution < -0.4 is 5.32 Å². The second-order valence-corrected chi connectivity index (χ2v) is 6.53. The predicted molar refractivity (Wildman–Crippen MR) is 101 cm³/mol. The molecular formula is C21H23N3O. The second kappa shape index (κ2) is 6.93. The number of nitrogens with one attached hydrogen (secondary N) is 1. The minimum absolute atomic E-state index is 0.0829. The Bertz CT molecular complexity index is 884. The van der Waals surface area contributed by atoms with E-state index < -0.39 is 0 Å². The summed E-state index contributed by atoms with van der Waals surface area (Å²) in [5.41, 5.74) is 6.06. The largest absolute Gasteiger partial charge is 0.331 e. The first-order chi connectivity index (χ1) is 11.9. The number of aryl methyl sites for hydroxylation is 4. The molecule has 1 heterocycles. The van der Waals surface area contributed by atoms with Crippen molar-refractivity contribution in [1.82, 2.24) is 9.55 Å². The van der Waals surface area contributed by atoms with Gasteiger partial charge < -0.3 is 9.88 Å². The molecule has 3 rings (SSSR count). The molecule has 4 nitrogen and oxygen atoms in total. The van der Waals surface area contributed by atoms with E-state index in [0.717, 1.165) is 34.7 Å². The fourth-order valence-corrected chi connectivity index (χ4v) is 3.09. The Balaban J connectivity index is 1.74. The number of carbonyl (C=O) groups excluding carboxylic acids is 1. The van der Waals surface area contributed by atoms with Gasteiger partial charge in [-0.2, -0.15) is 0 Å². The molecule has 0 atom stereocenters. The smallest absolute Gasteiger partial charge is 0.255 e. The Morgan fingerprint density at radius 1 is 1.04 bits per heavy atom. The molecule has 0 bridgehead atoms. The van der Waals surface area contributed by atoms with E-state index in [2.05, 4.69) is 33.9 Å². The molecule has 0 radical (unpaired) electrons. The highest BCUT2D eigenvalue weighted by atomic mass is 16.1. The van der Waals surface area contributed by atoms with Gasteiger partial charge in [-0.1, -0.05) is 29.8 Å². The van der Waals surface area contributed by atoms with Crippen LogP contribution in [0.1, 0.15) is 38.4 Å². The van der Waals surface area contributed by atoms with Gasteiger partial charge in [0.2, 0.25) is 0 Å². The van der Waals surface area contributed by atoms with E-state index in [1.54, 1.807) is 6.20 Å². The summed E-state index contributed by atoms with van der Waals surface area (Å²) < 4.78 is 2.08. The van der Waals surface area contributed by atoms with Crippen molar-refractivity contribution < 1.29 is 4.79 Å². The van der Waals surface area contributed by atoms with Gasteiger partial charge in [-0.25, -0.2) is 4.98 Å². The molecule has 0 aliphatic heterocycles. The van der Waals surface area contributed by atoms with Crippen molar-refractivity contribution in [2.24, 2.45) is 0 Å². The fraction of sp³-hybridized carbons (Fsp3) is 0.238. The summed E-state index contributed by atoms with van der Waals surface area (Å²) in [4.78, 5) is 16.8. The molecule has 0 fully saturated rings. The Morgan fingerprint density at radius 2 is 1.68 bits per heavy atom. The summed E-state index contributed by atoms with van der Waals surface area (Å²) >= 11 is 0. The number of nitrogens with zero attached hydrogens (tertiary/aromatic N) is 2. The number of amides is 1. The number of rotatable bonds is 4. The van der Waals surface area contributed by atoms with Gasteiger partial charge in [0.1, 0.15) is 5.82 Å². The lowest BCUT2D eigenvalue weighted by Gasteiger charge is -2.13. The highest BCUT2D eigenvalue weighted by Crippen LogP contribution is 2.22. The Hall–Kier alpha value is -2.88. The number of imidazole rings is 1. The number of hydrogen-bond donors (Lipinski definition) is 1. The standard InChI is InChI=1S/C21H23N3O/c1-14-11-15(2)20(16(3)12-14)23-21(25)19-7-5-18(6-8-19)13-24-10-9-22-17(24)4/h5-12H,13H2,1-4H3,(H,23,25). The molecule has 4 heteroatoms. The first-order valence-corrected chi connectivity index (χ1v) is 8.40. The van der Waals surface area contributed by atoms with Crippen LogP contribution in [0.25, 0.3) is 0 Å². The van der Waals surface area contributed by atoms with Gasteiger partial charge in [0.15, 0.2) is 0 Å². The average molecular weight is 333 g/mol. The van der Waals surface area contributed by atoms with Crippen LogP contribution in [0.2, 0.25) is 0 Å². The maximum atomic E-state index is 12.6. The van der Waals surface area contributed by atoms with Gasteiger partial charge in [-0.05, 0) is 56.5 Å². The van der Waals surface area contributed by atoms with Crippen LogP contribution in [-0.4, -0.2) is 15.5 Å². The number of anilines is 1. The van der Waals surface area contributed by atoms with Gasteiger partial charge in [0.25, 0.3) is 5.91 Å². The van der Waals surface area contributed by atoms with Gasteiger partial charge >= 0.3 is 0 Å². The fourth-order valence-electron chi connectivity index (χ4n) is 3.09. The number of hydrogen-bond acceptors (Lipinski definition) is 2. The van der Waals surface area contributed by atoms with Gasteiger partial charge in [0, 0.05) is 30.2 Å². The quantitative estimate of drug-likeness (QED) is 0.768. The van der Waals surface area contributed by atoms with Gasteiger partial charge in [0.05, 0.1) is 0 Å². The van der Waals surface area contributed by atoms with Crippen LogP contribution in [0, 0.1) is 27.7 Å². The molecule has 0 saturated heterocycles. The summed E-state index contributed by atoms with van der Waals surface area (Å²) in [7, 11) is 0. The van der Waals surface area contributed by atoms with E-state index in [4.69, 9.17) is 0 Å². The molecule has 3 aromatic rings. The predicted octanol–water partition coefficient (Wildman–Crippen LogP) is 4.42. The third kappa shape index (κ3) is 3.79. The Labute approximate surface area is 148 Å². The van der Waals surface area contributed by atoms with Crippen molar-refractivity contribution >= 4 is 11.6 Å². The minimum atomic E-state index is -0.0829. The first-order valence-electron chi connectivity index (χ1n) is 8.40. The van der Waals surface area contributed by atoms with Crippen LogP contribution in [0.4, 0.5) is 5.69 Å². The molecule has 128 valence electrons. The topological polar surface area (TPSA) is 46.9 Å². The second-order valence-electron chi connectivity index (χ2n) is 6.53. The summed E-state index contributed by atoms with van der Waals surface area (Å²) in [6.45, 7) is 8.84. The van der Waals surface area contributed by atoms with E-state index >= 15 is 0 Å². The van der Waals surface area contributed by atoms with E-state index in [1.165, 1.54) is 5.56 Å². The average Bonchev–Trinajstić information content (AvgIpc) is 2.96. The zero-order valence-corrected chi connectivity index (χ0v) is 15.1. The summed E-state index contributed by atoms with van der Waals surface area (Å²) in [5, 5.41) is 3.04. The molecular weight excluding hydrogens is 310 g/mol. The molecule has 0 aliphatic rings. The van der Waals surface area contributed by atoms with Crippen molar-refractivity contribution in [2.45, 2.75) is 34.2 Å². The lowest BCUT2D eigenvalue weighted by molar-refractivity contribution is 0.102. The maximum Gasteiger partial charge on any atom is 0.255 e. The number of benzene rings is 2. The Kier molecular flexibility index (Phi) is 4.70. The number of aromatic nitrogens is 2. The zero-order valence-electron chi connectivity index (χ0n) is 15.1. The van der Waals surface area contributed by atoms with Crippen molar-refractivity contribution in [3.63, 3.8) is 0 Å². The first kappa shape index (κ1) is 17.0. The van der Waals surface area contributed by atoms with E-state index in [1.807, 2.05) is 51.2 Å². The maximum absolute atomic E-state index is 12.6.